The lowest BCUT2D eigenvalue weighted by molar-refractivity contribution is 0.0643. The molecule has 3 aromatic rings. The molecule has 0 N–H and O–H groups in total. The fourth-order valence-corrected chi connectivity index (χ4v) is 4.17. The second kappa shape index (κ2) is 8.63. The number of carbonyl (C=O) groups is 1. The van der Waals surface area contributed by atoms with Crippen molar-refractivity contribution >= 4 is 16.9 Å². The number of amides is 1. The average molecular weight is 419 g/mol. The summed E-state index contributed by atoms with van der Waals surface area (Å²) in [6.45, 7) is 12.9. The molecule has 1 aliphatic rings. The number of hydrogen-bond donors (Lipinski definition) is 0. The van der Waals surface area contributed by atoms with Gasteiger partial charge in [0.2, 0.25) is 0 Å². The first kappa shape index (κ1) is 21.2. The van der Waals surface area contributed by atoms with Crippen LogP contribution in [0.25, 0.3) is 11.0 Å². The summed E-state index contributed by atoms with van der Waals surface area (Å²) in [5.74, 6) is 0.0794. The van der Waals surface area contributed by atoms with Crippen LogP contribution in [0.1, 0.15) is 39.7 Å². The monoisotopic (exact) mass is 418 g/mol. The minimum atomic E-state index is -0.0790. The van der Waals surface area contributed by atoms with E-state index in [0.29, 0.717) is 17.8 Å². The Morgan fingerprint density at radius 1 is 0.968 bits per heavy atom. The summed E-state index contributed by atoms with van der Waals surface area (Å²) < 4.78 is 1.78. The van der Waals surface area contributed by atoms with Gasteiger partial charge in [0, 0.05) is 31.7 Å². The molecule has 31 heavy (non-hydrogen) atoms. The molecule has 0 unspecified atom stereocenters. The number of nitrogens with zero attached hydrogens (tertiary/aromatic N) is 4. The summed E-state index contributed by atoms with van der Waals surface area (Å²) in [4.78, 5) is 34.5. The van der Waals surface area contributed by atoms with E-state index in [1.807, 2.05) is 48.2 Å². The van der Waals surface area contributed by atoms with Crippen molar-refractivity contribution in [3.05, 3.63) is 74.7 Å². The highest BCUT2D eigenvalue weighted by atomic mass is 16.2. The Hall–Kier alpha value is -2.99. The number of hydrogen-bond acceptors (Lipinski definition) is 4. The summed E-state index contributed by atoms with van der Waals surface area (Å²) in [5, 5.41) is 0. The summed E-state index contributed by atoms with van der Waals surface area (Å²) in [7, 11) is 0. The molecule has 1 aliphatic heterocycles. The predicted molar refractivity (Wildman–Crippen MR) is 124 cm³/mol. The van der Waals surface area contributed by atoms with Gasteiger partial charge in [0.15, 0.2) is 0 Å². The van der Waals surface area contributed by atoms with Crippen LogP contribution in [0.4, 0.5) is 0 Å². The van der Waals surface area contributed by atoms with Gasteiger partial charge in [0.05, 0.1) is 17.6 Å². The highest BCUT2D eigenvalue weighted by molar-refractivity contribution is 5.94. The van der Waals surface area contributed by atoms with Crippen molar-refractivity contribution in [2.75, 3.05) is 32.7 Å². The maximum Gasteiger partial charge on any atom is 0.272 e. The van der Waals surface area contributed by atoms with Crippen LogP contribution < -0.4 is 5.56 Å². The molecular weight excluding hydrogens is 388 g/mol. The van der Waals surface area contributed by atoms with Crippen LogP contribution in [0, 0.1) is 20.8 Å². The standard InChI is InChI=1S/C25H30N4O2/c1-5-27-10-12-28(13-11-27)25(31)21-8-6-20(7-9-21)16-29-23-15-18(3)17(2)14-22(23)26-19(4)24(29)30/h6-9,14-15H,5,10-13,16H2,1-4H3. The van der Waals surface area contributed by atoms with E-state index in [9.17, 15) is 9.59 Å². The quantitative estimate of drug-likeness (QED) is 0.653. The highest BCUT2D eigenvalue weighted by Crippen LogP contribution is 2.18. The molecule has 2 heterocycles. The Morgan fingerprint density at radius 3 is 2.26 bits per heavy atom. The Labute approximate surface area is 183 Å². The zero-order valence-corrected chi connectivity index (χ0v) is 18.8. The molecule has 6 heteroatoms. The van der Waals surface area contributed by atoms with Gasteiger partial charge in [-0.1, -0.05) is 19.1 Å². The Balaban J connectivity index is 1.58. The Bertz CT molecular complexity index is 1170. The van der Waals surface area contributed by atoms with Crippen LogP contribution in [0.3, 0.4) is 0 Å². The molecule has 2 aromatic carbocycles. The number of rotatable bonds is 4. The molecule has 162 valence electrons. The lowest BCUT2D eigenvalue weighted by Crippen LogP contribution is -2.48. The van der Waals surface area contributed by atoms with Crippen molar-refractivity contribution in [2.24, 2.45) is 0 Å². The van der Waals surface area contributed by atoms with Crippen LogP contribution in [-0.2, 0) is 6.54 Å². The van der Waals surface area contributed by atoms with Crippen molar-refractivity contribution in [1.82, 2.24) is 19.4 Å². The van der Waals surface area contributed by atoms with Gasteiger partial charge in [0.1, 0.15) is 5.69 Å². The second-order valence-corrected chi connectivity index (χ2v) is 8.44. The van der Waals surface area contributed by atoms with Gasteiger partial charge in [0.25, 0.3) is 11.5 Å². The third kappa shape index (κ3) is 4.26. The van der Waals surface area contributed by atoms with E-state index in [2.05, 4.69) is 23.7 Å². The number of carbonyl (C=O) groups excluding carboxylic acids is 1. The zero-order chi connectivity index (χ0) is 22.1. The molecule has 1 fully saturated rings. The number of fused-ring (bicyclic) bond motifs is 1. The van der Waals surface area contributed by atoms with Crippen molar-refractivity contribution in [3.63, 3.8) is 0 Å². The summed E-state index contributed by atoms with van der Waals surface area (Å²) in [6.07, 6.45) is 0. The lowest BCUT2D eigenvalue weighted by Gasteiger charge is -2.34. The molecule has 4 rings (SSSR count). The van der Waals surface area contributed by atoms with Crippen molar-refractivity contribution in [1.29, 1.82) is 0 Å². The summed E-state index contributed by atoms with van der Waals surface area (Å²) in [5.41, 5.74) is 6.06. The SMILES string of the molecule is CCN1CCN(C(=O)c2ccc(Cn3c(=O)c(C)nc4cc(C)c(C)cc43)cc2)CC1. The third-order valence-corrected chi connectivity index (χ3v) is 6.37. The summed E-state index contributed by atoms with van der Waals surface area (Å²) >= 11 is 0. The van der Waals surface area contributed by atoms with Crippen LogP contribution >= 0.6 is 0 Å². The van der Waals surface area contributed by atoms with Crippen molar-refractivity contribution < 1.29 is 4.79 Å². The first-order valence-electron chi connectivity index (χ1n) is 11.0. The highest BCUT2D eigenvalue weighted by Gasteiger charge is 2.21. The maximum absolute atomic E-state index is 12.9. The fourth-order valence-electron chi connectivity index (χ4n) is 4.17. The molecular formula is C25H30N4O2. The number of aryl methyl sites for hydroxylation is 3. The van der Waals surface area contributed by atoms with Gasteiger partial charge >= 0.3 is 0 Å². The molecule has 0 atom stereocenters. The van der Waals surface area contributed by atoms with Crippen molar-refractivity contribution in [3.8, 4) is 0 Å². The smallest absolute Gasteiger partial charge is 0.272 e. The van der Waals surface area contributed by atoms with E-state index < -0.39 is 0 Å². The van der Waals surface area contributed by atoms with Crippen molar-refractivity contribution in [2.45, 2.75) is 34.2 Å². The molecule has 0 aliphatic carbocycles. The topological polar surface area (TPSA) is 58.4 Å². The van der Waals surface area contributed by atoms with Crippen LogP contribution in [0.2, 0.25) is 0 Å². The fraction of sp³-hybridized carbons (Fsp3) is 0.400. The number of aromatic nitrogens is 2. The molecule has 1 aromatic heterocycles. The molecule has 1 saturated heterocycles. The first-order valence-corrected chi connectivity index (χ1v) is 11.0. The normalized spacial score (nSPS) is 14.9. The zero-order valence-electron chi connectivity index (χ0n) is 18.8. The number of likely N-dealkylation sites (N-methyl/N-ethyl adjacent to an activating group) is 1. The minimum absolute atomic E-state index is 0.0790. The molecule has 0 saturated carbocycles. The Morgan fingerprint density at radius 2 is 1.61 bits per heavy atom. The van der Waals surface area contributed by atoms with E-state index in [0.717, 1.165) is 60.4 Å². The Kier molecular flexibility index (Phi) is 5.92. The van der Waals surface area contributed by atoms with Gasteiger partial charge in [-0.3, -0.25) is 9.59 Å². The van der Waals surface area contributed by atoms with E-state index in [1.165, 1.54) is 0 Å². The largest absolute Gasteiger partial charge is 0.336 e. The third-order valence-electron chi connectivity index (χ3n) is 6.37. The van der Waals surface area contributed by atoms with Gasteiger partial charge < -0.3 is 14.4 Å². The van der Waals surface area contributed by atoms with Gasteiger partial charge in [-0.2, -0.15) is 0 Å². The molecule has 0 bridgehead atoms. The number of benzene rings is 2. The average Bonchev–Trinajstić information content (AvgIpc) is 2.78. The van der Waals surface area contributed by atoms with Crippen LogP contribution in [0.5, 0.6) is 0 Å². The lowest BCUT2D eigenvalue weighted by atomic mass is 10.1. The number of piperazine rings is 1. The van der Waals surface area contributed by atoms with Gasteiger partial charge in [-0.05, 0) is 68.3 Å². The van der Waals surface area contributed by atoms with Crippen LogP contribution in [0.15, 0.2) is 41.2 Å². The molecule has 0 spiro atoms. The van der Waals surface area contributed by atoms with Crippen LogP contribution in [-0.4, -0.2) is 58.0 Å². The molecule has 0 radical (unpaired) electrons. The summed E-state index contributed by atoms with van der Waals surface area (Å²) in [6, 6.07) is 11.7. The second-order valence-electron chi connectivity index (χ2n) is 8.44. The maximum atomic E-state index is 12.9. The van der Waals surface area contributed by atoms with Gasteiger partial charge in [-0.25, -0.2) is 4.98 Å². The van der Waals surface area contributed by atoms with E-state index >= 15 is 0 Å². The van der Waals surface area contributed by atoms with E-state index in [1.54, 1.807) is 11.5 Å². The minimum Gasteiger partial charge on any atom is -0.336 e. The van der Waals surface area contributed by atoms with E-state index in [4.69, 9.17) is 0 Å². The first-order chi connectivity index (χ1) is 14.9. The van der Waals surface area contributed by atoms with E-state index in [-0.39, 0.29) is 11.5 Å². The molecule has 6 nitrogen and oxygen atoms in total. The van der Waals surface area contributed by atoms with Gasteiger partial charge in [-0.15, -0.1) is 0 Å². The molecule has 1 amide bonds. The predicted octanol–water partition coefficient (Wildman–Crippen LogP) is 3.15.